The van der Waals surface area contributed by atoms with E-state index in [2.05, 4.69) is 167 Å². The van der Waals surface area contributed by atoms with Crippen LogP contribution >= 0.6 is 0 Å². The van der Waals surface area contributed by atoms with Crippen molar-refractivity contribution < 1.29 is 5.11 Å². The second-order valence-corrected chi connectivity index (χ2v) is 17.4. The maximum atomic E-state index is 12.2. The van der Waals surface area contributed by atoms with Gasteiger partial charge in [-0.3, -0.25) is 14.5 Å². The fourth-order valence-corrected chi connectivity index (χ4v) is 7.88. The SMILES string of the molecule is CC(C)(C)c1cc(C(C)(C)C)c(O)c(-c2nc3c(-c4cccc(-c5cc(-c6ccc(-c7ccccc7)cc6)ccn5)c4)nccc3n2-c2ccccc2-c2ccccc2)n1. The van der Waals surface area contributed by atoms with Gasteiger partial charge in [0.05, 0.1) is 22.6 Å². The molecule has 0 saturated heterocycles. The quantitative estimate of drug-likeness (QED) is 0.174. The first-order chi connectivity index (χ1) is 28.9. The Kier molecular flexibility index (Phi) is 9.72. The molecule has 0 aliphatic carbocycles. The zero-order valence-corrected chi connectivity index (χ0v) is 34.8. The summed E-state index contributed by atoms with van der Waals surface area (Å²) in [5.74, 6) is 0.668. The number of rotatable bonds is 7. The summed E-state index contributed by atoms with van der Waals surface area (Å²) in [6.07, 6.45) is 3.71. The Bertz CT molecular complexity index is 2990. The molecule has 5 aromatic carbocycles. The van der Waals surface area contributed by atoms with Crippen LogP contribution < -0.4 is 0 Å². The third-order valence-corrected chi connectivity index (χ3v) is 11.1. The van der Waals surface area contributed by atoms with Crippen molar-refractivity contribution >= 4 is 11.0 Å². The van der Waals surface area contributed by atoms with E-state index in [9.17, 15) is 5.11 Å². The molecule has 0 radical (unpaired) electrons. The third-order valence-electron chi connectivity index (χ3n) is 11.1. The second kappa shape index (κ2) is 15.2. The smallest absolute Gasteiger partial charge is 0.168 e. The maximum absolute atomic E-state index is 12.2. The zero-order valence-electron chi connectivity index (χ0n) is 34.8. The molecule has 294 valence electrons. The van der Waals surface area contributed by atoms with Crippen molar-refractivity contribution in [2.75, 3.05) is 0 Å². The van der Waals surface area contributed by atoms with Gasteiger partial charge in [0.1, 0.15) is 17.0 Å². The minimum absolute atomic E-state index is 0.126. The summed E-state index contributed by atoms with van der Waals surface area (Å²) in [6, 6.07) is 54.4. The number of fused-ring (bicyclic) bond motifs is 1. The van der Waals surface area contributed by atoms with Crippen LogP contribution in [0.25, 0.3) is 84.1 Å². The lowest BCUT2D eigenvalue weighted by atomic mass is 9.82. The Morgan fingerprint density at radius 2 is 1.07 bits per heavy atom. The van der Waals surface area contributed by atoms with Crippen LogP contribution in [0.1, 0.15) is 52.8 Å². The van der Waals surface area contributed by atoms with Gasteiger partial charge in [-0.15, -0.1) is 0 Å². The highest BCUT2D eigenvalue weighted by Gasteiger charge is 2.30. The van der Waals surface area contributed by atoms with Gasteiger partial charge in [0.15, 0.2) is 5.82 Å². The molecule has 0 spiro atoms. The molecule has 9 aromatic rings. The van der Waals surface area contributed by atoms with E-state index in [1.54, 1.807) is 0 Å². The Morgan fingerprint density at radius 1 is 0.467 bits per heavy atom. The van der Waals surface area contributed by atoms with Crippen molar-refractivity contribution in [2.45, 2.75) is 52.4 Å². The first-order valence-electron chi connectivity index (χ1n) is 20.4. The van der Waals surface area contributed by atoms with Gasteiger partial charge in [0.2, 0.25) is 0 Å². The van der Waals surface area contributed by atoms with Gasteiger partial charge in [-0.1, -0.05) is 163 Å². The molecule has 6 nitrogen and oxygen atoms in total. The molecule has 0 unspecified atom stereocenters. The molecule has 1 N–H and O–H groups in total. The highest BCUT2D eigenvalue weighted by molar-refractivity contribution is 5.95. The third kappa shape index (κ3) is 7.26. The topological polar surface area (TPSA) is 76.7 Å². The van der Waals surface area contributed by atoms with Gasteiger partial charge in [0.25, 0.3) is 0 Å². The van der Waals surface area contributed by atoms with Crippen molar-refractivity contribution in [1.29, 1.82) is 0 Å². The van der Waals surface area contributed by atoms with Crippen LogP contribution in [0.2, 0.25) is 0 Å². The summed E-state index contributed by atoms with van der Waals surface area (Å²) in [5.41, 5.74) is 14.1. The normalized spacial score (nSPS) is 11.9. The lowest BCUT2D eigenvalue weighted by molar-refractivity contribution is 0.441. The zero-order chi connectivity index (χ0) is 41.6. The molecular weight excluding hydrogens is 735 g/mol. The number of imidazole rings is 1. The van der Waals surface area contributed by atoms with Crippen molar-refractivity contribution in [3.05, 3.63) is 181 Å². The monoisotopic (exact) mass is 781 g/mol. The van der Waals surface area contributed by atoms with Gasteiger partial charge in [-0.25, -0.2) is 9.97 Å². The summed E-state index contributed by atoms with van der Waals surface area (Å²) in [6.45, 7) is 12.8. The standard InChI is InChI=1S/C54H47N5O/c1-53(2,3)43-34-47(54(4,5)6)57-50(51(43)60)52-58-49-46(59(52)45-23-14-13-22-42(45)38-18-11-8-12-19-38)29-31-56-48(49)41-21-15-20-40(32-41)44-33-39(28-30-55-44)37-26-24-36(25-27-37)35-16-9-7-10-17-35/h7-34,60H,1-6H3. The van der Waals surface area contributed by atoms with E-state index in [-0.39, 0.29) is 16.6 Å². The second-order valence-electron chi connectivity index (χ2n) is 17.4. The molecule has 4 heterocycles. The Balaban J connectivity index is 1.21. The van der Waals surface area contributed by atoms with E-state index in [1.165, 1.54) is 11.1 Å². The minimum atomic E-state index is -0.356. The number of pyridine rings is 3. The van der Waals surface area contributed by atoms with Gasteiger partial charge in [-0.05, 0) is 69.6 Å². The lowest BCUT2D eigenvalue weighted by Gasteiger charge is -2.26. The first kappa shape index (κ1) is 38.3. The first-order valence-corrected chi connectivity index (χ1v) is 20.4. The molecule has 6 heteroatoms. The molecule has 0 aliphatic rings. The van der Waals surface area contributed by atoms with E-state index in [1.807, 2.05) is 48.8 Å². The molecule has 60 heavy (non-hydrogen) atoms. The summed E-state index contributed by atoms with van der Waals surface area (Å²) in [5, 5.41) is 12.2. The van der Waals surface area contributed by atoms with Crippen LogP contribution in [0, 0.1) is 0 Å². The predicted octanol–water partition coefficient (Wildman–Crippen LogP) is 13.5. The number of aromatic nitrogens is 5. The highest BCUT2D eigenvalue weighted by atomic mass is 16.3. The highest BCUT2D eigenvalue weighted by Crippen LogP contribution is 2.43. The molecular formula is C54H47N5O. The van der Waals surface area contributed by atoms with Crippen molar-refractivity contribution in [3.63, 3.8) is 0 Å². The van der Waals surface area contributed by atoms with Crippen LogP contribution in [-0.4, -0.2) is 29.6 Å². The Labute approximate surface area is 352 Å². The van der Waals surface area contributed by atoms with E-state index < -0.39 is 0 Å². The van der Waals surface area contributed by atoms with Crippen LogP contribution in [-0.2, 0) is 10.8 Å². The fraction of sp³-hybridized carbons (Fsp3) is 0.148. The lowest BCUT2D eigenvalue weighted by Crippen LogP contribution is -2.19. The minimum Gasteiger partial charge on any atom is -0.505 e. The summed E-state index contributed by atoms with van der Waals surface area (Å²) in [4.78, 5) is 20.5. The molecule has 0 saturated carbocycles. The number of para-hydroxylation sites is 1. The van der Waals surface area contributed by atoms with E-state index in [4.69, 9.17) is 19.9 Å². The van der Waals surface area contributed by atoms with Crippen molar-refractivity contribution in [1.82, 2.24) is 24.5 Å². The van der Waals surface area contributed by atoms with Crippen LogP contribution in [0.3, 0.4) is 0 Å². The predicted molar refractivity (Wildman–Crippen MR) is 246 cm³/mol. The summed E-state index contributed by atoms with van der Waals surface area (Å²) >= 11 is 0. The number of aromatic hydroxyl groups is 1. The van der Waals surface area contributed by atoms with E-state index >= 15 is 0 Å². The number of nitrogens with zero attached hydrogens (tertiary/aromatic N) is 5. The van der Waals surface area contributed by atoms with E-state index in [0.29, 0.717) is 17.0 Å². The van der Waals surface area contributed by atoms with Crippen molar-refractivity contribution in [2.24, 2.45) is 0 Å². The molecule has 9 rings (SSSR count). The Hall–Kier alpha value is -7.18. The average Bonchev–Trinajstić information content (AvgIpc) is 3.66. The van der Waals surface area contributed by atoms with Gasteiger partial charge in [-0.2, -0.15) is 0 Å². The molecule has 0 atom stereocenters. The van der Waals surface area contributed by atoms with E-state index in [0.717, 1.165) is 67.2 Å². The largest absolute Gasteiger partial charge is 0.505 e. The fourth-order valence-electron chi connectivity index (χ4n) is 7.88. The number of benzene rings is 5. The molecule has 0 bridgehead atoms. The van der Waals surface area contributed by atoms with Gasteiger partial charge in [0, 0.05) is 45.8 Å². The molecule has 0 aliphatic heterocycles. The van der Waals surface area contributed by atoms with Crippen LogP contribution in [0.4, 0.5) is 0 Å². The van der Waals surface area contributed by atoms with Gasteiger partial charge >= 0.3 is 0 Å². The average molecular weight is 782 g/mol. The number of hydrogen-bond acceptors (Lipinski definition) is 5. The van der Waals surface area contributed by atoms with Gasteiger partial charge < -0.3 is 5.11 Å². The number of hydrogen-bond donors (Lipinski definition) is 1. The Morgan fingerprint density at radius 3 is 1.77 bits per heavy atom. The van der Waals surface area contributed by atoms with Crippen LogP contribution in [0.15, 0.2) is 170 Å². The summed E-state index contributed by atoms with van der Waals surface area (Å²) in [7, 11) is 0. The molecule has 4 aromatic heterocycles. The van der Waals surface area contributed by atoms with Crippen molar-refractivity contribution in [3.8, 4) is 78.9 Å². The maximum Gasteiger partial charge on any atom is 0.168 e. The summed E-state index contributed by atoms with van der Waals surface area (Å²) < 4.78 is 2.14. The molecule has 0 amide bonds. The molecule has 0 fully saturated rings. The van der Waals surface area contributed by atoms with Crippen LogP contribution in [0.5, 0.6) is 5.75 Å².